The Balaban J connectivity index is 1.63. The lowest BCUT2D eigenvalue weighted by Gasteiger charge is -2.04. The number of rotatable bonds is 5. The molecule has 3 aromatic rings. The van der Waals surface area contributed by atoms with E-state index in [0.717, 1.165) is 10.7 Å². The lowest BCUT2D eigenvalue weighted by atomic mass is 10.2. The molecule has 0 radical (unpaired) electrons. The molecule has 0 saturated carbocycles. The molecule has 0 aliphatic rings. The summed E-state index contributed by atoms with van der Waals surface area (Å²) in [6.07, 6.45) is 6.76. The number of esters is 1. The van der Waals surface area contributed by atoms with E-state index in [1.807, 2.05) is 16.0 Å². The van der Waals surface area contributed by atoms with Crippen molar-refractivity contribution in [1.82, 2.24) is 9.38 Å². The molecule has 0 spiro atoms. The summed E-state index contributed by atoms with van der Waals surface area (Å²) in [4.78, 5) is 28.7. The Morgan fingerprint density at radius 1 is 1.33 bits per heavy atom. The van der Waals surface area contributed by atoms with Gasteiger partial charge in [0, 0.05) is 23.3 Å². The Morgan fingerprint density at radius 2 is 2.12 bits per heavy atom. The van der Waals surface area contributed by atoms with Crippen LogP contribution < -0.4 is 5.32 Å². The van der Waals surface area contributed by atoms with Crippen molar-refractivity contribution in [3.05, 3.63) is 59.4 Å². The molecule has 2 heterocycles. The highest BCUT2D eigenvalue weighted by atomic mass is 32.1. The molecule has 0 saturated heterocycles. The molecular weight excluding hydrogens is 326 g/mol. The molecule has 0 fully saturated rings. The predicted octanol–water partition coefficient (Wildman–Crippen LogP) is 3.22. The van der Waals surface area contributed by atoms with Gasteiger partial charge in [-0.2, -0.15) is 0 Å². The quantitative estimate of drug-likeness (QED) is 0.571. The summed E-state index contributed by atoms with van der Waals surface area (Å²) >= 11 is 1.53. The van der Waals surface area contributed by atoms with Crippen LogP contribution in [0.5, 0.6) is 0 Å². The van der Waals surface area contributed by atoms with Gasteiger partial charge in [-0.25, -0.2) is 9.78 Å². The van der Waals surface area contributed by atoms with Crippen molar-refractivity contribution in [3.8, 4) is 0 Å². The fraction of sp³-hybridized carbons (Fsp3) is 0.118. The van der Waals surface area contributed by atoms with Crippen molar-refractivity contribution in [2.24, 2.45) is 0 Å². The van der Waals surface area contributed by atoms with E-state index in [-0.39, 0.29) is 11.9 Å². The molecule has 24 heavy (non-hydrogen) atoms. The molecule has 6 nitrogen and oxygen atoms in total. The first-order chi connectivity index (χ1) is 11.7. The molecule has 1 aromatic carbocycles. The number of hydrogen-bond donors (Lipinski definition) is 1. The van der Waals surface area contributed by atoms with E-state index in [1.165, 1.54) is 17.4 Å². The van der Waals surface area contributed by atoms with Crippen LogP contribution in [0.1, 0.15) is 23.0 Å². The molecular formula is C17H15N3O3S. The molecule has 0 aliphatic carbocycles. The number of carbonyl (C=O) groups excluding carboxylic acids is 2. The summed E-state index contributed by atoms with van der Waals surface area (Å²) in [5.74, 6) is -0.639. The molecule has 7 heteroatoms. The zero-order chi connectivity index (χ0) is 16.9. The third-order valence-corrected chi connectivity index (χ3v) is 4.01. The van der Waals surface area contributed by atoms with E-state index in [1.54, 1.807) is 43.5 Å². The van der Waals surface area contributed by atoms with Crippen LogP contribution in [0, 0.1) is 0 Å². The highest BCUT2D eigenvalue weighted by Crippen LogP contribution is 2.14. The highest BCUT2D eigenvalue weighted by molar-refractivity contribution is 7.15. The second kappa shape index (κ2) is 7.10. The number of fused-ring (bicyclic) bond motifs is 1. The number of thiazole rings is 1. The Bertz CT molecular complexity index is 893. The van der Waals surface area contributed by atoms with E-state index >= 15 is 0 Å². The lowest BCUT2D eigenvalue weighted by molar-refractivity contribution is -0.111. The number of aromatic nitrogens is 2. The topological polar surface area (TPSA) is 72.7 Å². The van der Waals surface area contributed by atoms with Gasteiger partial charge in [0.1, 0.15) is 0 Å². The number of amides is 1. The number of carbonyl (C=O) groups is 2. The monoisotopic (exact) mass is 341 g/mol. The second-order valence-electron chi connectivity index (χ2n) is 4.86. The standard InChI is InChI=1S/C17H15N3O3S/c1-2-23-16(22)12-3-5-13(6-4-12)19-15(21)8-7-14-11-18-17-20(14)9-10-24-17/h3-11H,2H2,1H3,(H,19,21)/b8-7+. The second-order valence-corrected chi connectivity index (χ2v) is 5.73. The van der Waals surface area contributed by atoms with Crippen LogP contribution in [-0.4, -0.2) is 27.9 Å². The smallest absolute Gasteiger partial charge is 0.338 e. The molecule has 1 amide bonds. The summed E-state index contributed by atoms with van der Waals surface area (Å²) in [5.41, 5.74) is 1.88. The number of nitrogens with one attached hydrogen (secondary N) is 1. The van der Waals surface area contributed by atoms with Gasteiger partial charge in [0.15, 0.2) is 4.96 Å². The van der Waals surface area contributed by atoms with Crippen LogP contribution in [-0.2, 0) is 9.53 Å². The minimum atomic E-state index is -0.379. The van der Waals surface area contributed by atoms with Crippen LogP contribution >= 0.6 is 11.3 Å². The maximum atomic E-state index is 12.0. The summed E-state index contributed by atoms with van der Waals surface area (Å²) in [7, 11) is 0. The van der Waals surface area contributed by atoms with Crippen molar-refractivity contribution in [3.63, 3.8) is 0 Å². The summed E-state index contributed by atoms with van der Waals surface area (Å²) in [5, 5.41) is 4.67. The van der Waals surface area contributed by atoms with Gasteiger partial charge in [0.2, 0.25) is 5.91 Å². The third kappa shape index (κ3) is 3.52. The highest BCUT2D eigenvalue weighted by Gasteiger charge is 2.06. The first kappa shape index (κ1) is 15.9. The summed E-state index contributed by atoms with van der Waals surface area (Å²) in [6.45, 7) is 2.08. The molecule has 0 atom stereocenters. The van der Waals surface area contributed by atoms with Gasteiger partial charge in [-0.15, -0.1) is 11.3 Å². The summed E-state index contributed by atoms with van der Waals surface area (Å²) in [6, 6.07) is 6.55. The van der Waals surface area contributed by atoms with Gasteiger partial charge < -0.3 is 10.1 Å². The molecule has 2 aromatic heterocycles. The SMILES string of the molecule is CCOC(=O)c1ccc(NC(=O)/C=C/c2cnc3sccn23)cc1. The Labute approximate surface area is 142 Å². The fourth-order valence-electron chi connectivity index (χ4n) is 2.12. The molecule has 3 rings (SSSR count). The van der Waals surface area contributed by atoms with E-state index in [2.05, 4.69) is 10.3 Å². The van der Waals surface area contributed by atoms with Gasteiger partial charge in [0.25, 0.3) is 0 Å². The van der Waals surface area contributed by atoms with Gasteiger partial charge in [0.05, 0.1) is 24.1 Å². The van der Waals surface area contributed by atoms with Gasteiger partial charge >= 0.3 is 5.97 Å². The van der Waals surface area contributed by atoms with E-state index in [4.69, 9.17) is 4.74 Å². The van der Waals surface area contributed by atoms with Crippen LogP contribution in [0.25, 0.3) is 11.0 Å². The zero-order valence-electron chi connectivity index (χ0n) is 12.9. The number of ether oxygens (including phenoxy) is 1. The van der Waals surface area contributed by atoms with Crippen molar-refractivity contribution >= 4 is 39.9 Å². The lowest BCUT2D eigenvalue weighted by Crippen LogP contribution is -2.09. The van der Waals surface area contributed by atoms with E-state index in [0.29, 0.717) is 17.9 Å². The Hall–Kier alpha value is -2.93. The van der Waals surface area contributed by atoms with Crippen LogP contribution in [0.3, 0.4) is 0 Å². The van der Waals surface area contributed by atoms with Crippen molar-refractivity contribution < 1.29 is 14.3 Å². The average Bonchev–Trinajstić information content (AvgIpc) is 3.17. The van der Waals surface area contributed by atoms with Crippen molar-refractivity contribution in [2.45, 2.75) is 6.92 Å². The first-order valence-corrected chi connectivity index (χ1v) is 8.22. The van der Waals surface area contributed by atoms with E-state index in [9.17, 15) is 9.59 Å². The number of anilines is 1. The molecule has 0 bridgehead atoms. The average molecular weight is 341 g/mol. The number of nitrogens with zero attached hydrogens (tertiary/aromatic N) is 2. The van der Waals surface area contributed by atoms with Gasteiger partial charge in [-0.05, 0) is 37.3 Å². The van der Waals surface area contributed by atoms with Crippen LogP contribution in [0.4, 0.5) is 5.69 Å². The van der Waals surface area contributed by atoms with Crippen molar-refractivity contribution in [1.29, 1.82) is 0 Å². The summed E-state index contributed by atoms with van der Waals surface area (Å²) < 4.78 is 6.82. The minimum absolute atomic E-state index is 0.260. The Kier molecular flexibility index (Phi) is 4.72. The molecule has 0 unspecified atom stereocenters. The third-order valence-electron chi connectivity index (χ3n) is 3.24. The normalized spacial score (nSPS) is 11.0. The van der Waals surface area contributed by atoms with E-state index < -0.39 is 0 Å². The number of hydrogen-bond acceptors (Lipinski definition) is 5. The molecule has 0 aliphatic heterocycles. The first-order valence-electron chi connectivity index (χ1n) is 7.34. The molecule has 122 valence electrons. The van der Waals surface area contributed by atoms with Crippen molar-refractivity contribution in [2.75, 3.05) is 11.9 Å². The maximum absolute atomic E-state index is 12.0. The van der Waals surface area contributed by atoms with Gasteiger partial charge in [-0.1, -0.05) is 0 Å². The number of imidazole rings is 1. The minimum Gasteiger partial charge on any atom is -0.462 e. The predicted molar refractivity (Wildman–Crippen MR) is 93.1 cm³/mol. The Morgan fingerprint density at radius 3 is 2.88 bits per heavy atom. The molecule has 1 N–H and O–H groups in total. The maximum Gasteiger partial charge on any atom is 0.338 e. The fourth-order valence-corrected chi connectivity index (χ4v) is 2.82. The largest absolute Gasteiger partial charge is 0.462 e. The van der Waals surface area contributed by atoms with Crippen LogP contribution in [0.15, 0.2) is 48.1 Å². The number of benzene rings is 1. The van der Waals surface area contributed by atoms with Gasteiger partial charge in [-0.3, -0.25) is 9.20 Å². The zero-order valence-corrected chi connectivity index (χ0v) is 13.7. The van der Waals surface area contributed by atoms with Crippen LogP contribution in [0.2, 0.25) is 0 Å².